The average Bonchev–Trinajstić information content (AvgIpc) is 2.73. The Morgan fingerprint density at radius 2 is 1.75 bits per heavy atom. The van der Waals surface area contributed by atoms with E-state index in [1.807, 2.05) is 60.7 Å². The normalized spacial score (nSPS) is 13.0. The van der Waals surface area contributed by atoms with Crippen LogP contribution in [-0.4, -0.2) is 9.97 Å². The van der Waals surface area contributed by atoms with Crippen LogP contribution in [0.3, 0.4) is 0 Å². The summed E-state index contributed by atoms with van der Waals surface area (Å²) in [6.45, 7) is 3.92. The smallest absolute Gasteiger partial charge is 0.157 e. The molecular weight excluding hydrogens is 368 g/mol. The summed E-state index contributed by atoms with van der Waals surface area (Å²) in [5.74, 6) is 0.698. The number of nitrogens with zero attached hydrogens (tertiary/aromatic N) is 3. The summed E-state index contributed by atoms with van der Waals surface area (Å²) in [5.41, 5.74) is 4.41. The standard InChI is InChI=1S/C23H15ClN4/c1-14-9-10-19-23(26-14)28-21(15-6-3-2-4-7-15)22(27-19)17-12-16-8-5-11-25-20(16)18(24)13-17/h2-13H,1H2,(H,26,28). The van der Waals surface area contributed by atoms with Crippen molar-refractivity contribution in [2.24, 2.45) is 4.99 Å². The molecule has 2 aromatic carbocycles. The maximum Gasteiger partial charge on any atom is 0.157 e. The molecule has 5 rings (SSSR count). The molecule has 1 N–H and O–H groups in total. The van der Waals surface area contributed by atoms with E-state index in [-0.39, 0.29) is 0 Å². The lowest BCUT2D eigenvalue weighted by Crippen LogP contribution is -2.23. The highest BCUT2D eigenvalue weighted by molar-refractivity contribution is 6.35. The molecule has 0 saturated carbocycles. The van der Waals surface area contributed by atoms with Crippen molar-refractivity contribution in [3.63, 3.8) is 0 Å². The van der Waals surface area contributed by atoms with Crippen molar-refractivity contribution in [3.8, 4) is 0 Å². The van der Waals surface area contributed by atoms with Crippen LogP contribution in [0.1, 0.15) is 11.1 Å². The molecule has 2 aromatic heterocycles. The summed E-state index contributed by atoms with van der Waals surface area (Å²) in [7, 11) is 0. The molecule has 0 saturated heterocycles. The summed E-state index contributed by atoms with van der Waals surface area (Å²) in [4.78, 5) is 13.8. The number of hydrogen-bond acceptors (Lipinski definition) is 4. The SMILES string of the molecule is C=c1ccc2c(n1)NC(c1ccccc1)=C(c1cc(Cl)c3ncccc3c1)N=2. The Balaban J connectivity index is 1.81. The minimum atomic E-state index is 0.597. The first-order valence-electron chi connectivity index (χ1n) is 8.85. The predicted octanol–water partition coefficient (Wildman–Crippen LogP) is 4.26. The van der Waals surface area contributed by atoms with Gasteiger partial charge in [-0.05, 0) is 30.3 Å². The quantitative estimate of drug-likeness (QED) is 0.563. The molecule has 0 fully saturated rings. The van der Waals surface area contributed by atoms with Gasteiger partial charge in [-0.15, -0.1) is 0 Å². The second-order valence-corrected chi connectivity index (χ2v) is 6.94. The molecule has 5 heteroatoms. The van der Waals surface area contributed by atoms with E-state index in [9.17, 15) is 0 Å². The van der Waals surface area contributed by atoms with Crippen molar-refractivity contribution in [2.75, 3.05) is 5.32 Å². The van der Waals surface area contributed by atoms with Crippen molar-refractivity contribution in [2.45, 2.75) is 0 Å². The summed E-state index contributed by atoms with van der Waals surface area (Å²) in [6.07, 6.45) is 1.74. The number of hydrogen-bond donors (Lipinski definition) is 1. The second-order valence-electron chi connectivity index (χ2n) is 6.53. The van der Waals surface area contributed by atoms with Crippen LogP contribution in [0.15, 0.2) is 77.9 Å². The van der Waals surface area contributed by atoms with E-state index >= 15 is 0 Å². The molecule has 28 heavy (non-hydrogen) atoms. The Morgan fingerprint density at radius 3 is 2.61 bits per heavy atom. The van der Waals surface area contributed by atoms with E-state index in [0.717, 1.165) is 38.8 Å². The molecule has 1 aliphatic rings. The van der Waals surface area contributed by atoms with Crippen LogP contribution in [0.4, 0.5) is 5.82 Å². The molecule has 0 radical (unpaired) electrons. The average molecular weight is 383 g/mol. The van der Waals surface area contributed by atoms with Crippen LogP contribution in [0.5, 0.6) is 0 Å². The third-order valence-corrected chi connectivity index (χ3v) is 4.93. The van der Waals surface area contributed by atoms with E-state index < -0.39 is 0 Å². The topological polar surface area (TPSA) is 50.2 Å². The van der Waals surface area contributed by atoms with E-state index in [2.05, 4.69) is 27.9 Å². The van der Waals surface area contributed by atoms with Gasteiger partial charge < -0.3 is 5.32 Å². The van der Waals surface area contributed by atoms with E-state index in [1.54, 1.807) is 6.20 Å². The van der Waals surface area contributed by atoms with Gasteiger partial charge in [0.25, 0.3) is 0 Å². The molecule has 3 heterocycles. The summed E-state index contributed by atoms with van der Waals surface area (Å²) < 4.78 is 0. The minimum Gasteiger partial charge on any atom is -0.336 e. The van der Waals surface area contributed by atoms with Crippen LogP contribution in [-0.2, 0) is 0 Å². The van der Waals surface area contributed by atoms with Crippen LogP contribution in [0.25, 0.3) is 28.9 Å². The fourth-order valence-corrected chi connectivity index (χ4v) is 3.61. The maximum absolute atomic E-state index is 6.53. The first kappa shape index (κ1) is 16.7. The number of rotatable bonds is 2. The highest BCUT2D eigenvalue weighted by Gasteiger charge is 2.18. The number of halogens is 1. The van der Waals surface area contributed by atoms with Gasteiger partial charge in [-0.25, -0.2) is 9.98 Å². The number of anilines is 1. The van der Waals surface area contributed by atoms with Gasteiger partial charge in [0.1, 0.15) is 5.36 Å². The van der Waals surface area contributed by atoms with Gasteiger partial charge in [0.05, 0.1) is 27.3 Å². The molecule has 0 spiro atoms. The molecule has 4 nitrogen and oxygen atoms in total. The molecular formula is C23H15ClN4. The van der Waals surface area contributed by atoms with Crippen LogP contribution in [0.2, 0.25) is 5.02 Å². The zero-order valence-electron chi connectivity index (χ0n) is 14.9. The third kappa shape index (κ3) is 2.84. The lowest BCUT2D eigenvalue weighted by molar-refractivity contribution is 1.17. The largest absolute Gasteiger partial charge is 0.336 e. The van der Waals surface area contributed by atoms with E-state index in [0.29, 0.717) is 16.2 Å². The van der Waals surface area contributed by atoms with Crippen LogP contribution < -0.4 is 16.0 Å². The summed E-state index contributed by atoms with van der Waals surface area (Å²) in [5, 5.41) is 6.47. The maximum atomic E-state index is 6.53. The minimum absolute atomic E-state index is 0.597. The number of aromatic nitrogens is 2. The van der Waals surface area contributed by atoms with Gasteiger partial charge in [0, 0.05) is 22.7 Å². The molecule has 4 aromatic rings. The van der Waals surface area contributed by atoms with Crippen molar-refractivity contribution >= 4 is 46.3 Å². The Morgan fingerprint density at radius 1 is 0.893 bits per heavy atom. The Hall–Kier alpha value is -3.50. The molecule has 134 valence electrons. The Labute approximate surface area is 166 Å². The highest BCUT2D eigenvalue weighted by Crippen LogP contribution is 2.33. The molecule has 0 atom stereocenters. The fraction of sp³-hybridized carbons (Fsp3) is 0. The molecule has 0 aliphatic carbocycles. The van der Waals surface area contributed by atoms with Crippen molar-refractivity contribution < 1.29 is 0 Å². The monoisotopic (exact) mass is 382 g/mol. The number of nitrogens with one attached hydrogen (secondary N) is 1. The first-order chi connectivity index (χ1) is 13.7. The molecule has 0 bridgehead atoms. The van der Waals surface area contributed by atoms with Gasteiger partial charge in [-0.2, -0.15) is 0 Å². The molecule has 0 amide bonds. The summed E-state index contributed by atoms with van der Waals surface area (Å²) in [6, 6.07) is 21.7. The third-order valence-electron chi connectivity index (χ3n) is 4.64. The zero-order chi connectivity index (χ0) is 19.1. The van der Waals surface area contributed by atoms with Crippen molar-refractivity contribution in [1.82, 2.24) is 9.97 Å². The second kappa shape index (κ2) is 6.59. The van der Waals surface area contributed by atoms with Crippen LogP contribution >= 0.6 is 11.6 Å². The highest BCUT2D eigenvalue weighted by atomic mass is 35.5. The van der Waals surface area contributed by atoms with E-state index in [4.69, 9.17) is 16.6 Å². The van der Waals surface area contributed by atoms with Gasteiger partial charge in [-0.1, -0.05) is 54.6 Å². The van der Waals surface area contributed by atoms with Gasteiger partial charge in [0.15, 0.2) is 5.82 Å². The Kier molecular flexibility index (Phi) is 3.92. The Bertz CT molecular complexity index is 1360. The van der Waals surface area contributed by atoms with E-state index in [1.165, 1.54) is 0 Å². The van der Waals surface area contributed by atoms with Gasteiger partial charge in [0.2, 0.25) is 0 Å². The van der Waals surface area contributed by atoms with Gasteiger partial charge in [-0.3, -0.25) is 4.98 Å². The number of pyridine rings is 2. The van der Waals surface area contributed by atoms with Crippen molar-refractivity contribution in [3.05, 3.63) is 99.8 Å². The zero-order valence-corrected chi connectivity index (χ0v) is 15.6. The predicted molar refractivity (Wildman–Crippen MR) is 114 cm³/mol. The fourth-order valence-electron chi connectivity index (χ4n) is 3.34. The first-order valence-corrected chi connectivity index (χ1v) is 9.23. The number of benzene rings is 2. The summed E-state index contributed by atoms with van der Waals surface area (Å²) >= 11 is 6.53. The lowest BCUT2D eigenvalue weighted by atomic mass is 10.0. The molecule has 0 unspecified atom stereocenters. The van der Waals surface area contributed by atoms with Gasteiger partial charge >= 0.3 is 0 Å². The lowest BCUT2D eigenvalue weighted by Gasteiger charge is -2.19. The number of fused-ring (bicyclic) bond motifs is 2. The van der Waals surface area contributed by atoms with Crippen LogP contribution in [0, 0.1) is 0 Å². The molecule has 1 aliphatic heterocycles. The van der Waals surface area contributed by atoms with Crippen molar-refractivity contribution in [1.29, 1.82) is 0 Å².